The molecular formula is C48H56O3. The van der Waals surface area contributed by atoms with Gasteiger partial charge in [-0.05, 0) is 140 Å². The number of fused-ring (bicyclic) bond motifs is 6. The van der Waals surface area contributed by atoms with E-state index in [1.165, 1.54) is 84.1 Å². The summed E-state index contributed by atoms with van der Waals surface area (Å²) in [6, 6.07) is 26.0. The monoisotopic (exact) mass is 680 g/mol. The number of unbranched alkanes of at least 4 members (excludes halogenated alkanes) is 3. The average molecular weight is 681 g/mol. The molecule has 51 heavy (non-hydrogen) atoms. The van der Waals surface area contributed by atoms with E-state index in [-0.39, 0.29) is 5.41 Å². The van der Waals surface area contributed by atoms with Gasteiger partial charge in [-0.1, -0.05) is 122 Å². The smallest absolute Gasteiger partial charge is 0.307 e. The molecule has 2 N–H and O–H groups in total. The van der Waals surface area contributed by atoms with Crippen LogP contribution in [0.4, 0.5) is 0 Å². The lowest BCUT2D eigenvalue weighted by Crippen LogP contribution is -2.47. The number of carbonyl (C=O) groups is 1. The van der Waals surface area contributed by atoms with Crippen molar-refractivity contribution in [2.24, 2.45) is 29.6 Å². The Labute approximate surface area is 304 Å². The van der Waals surface area contributed by atoms with Crippen LogP contribution in [0, 0.1) is 29.6 Å². The Balaban J connectivity index is 1.14. The van der Waals surface area contributed by atoms with Crippen LogP contribution in [0.5, 0.6) is 5.75 Å². The predicted molar refractivity (Wildman–Crippen MR) is 208 cm³/mol. The molecule has 1 spiro atoms. The van der Waals surface area contributed by atoms with Gasteiger partial charge in [-0.15, -0.1) is 0 Å². The third kappa shape index (κ3) is 6.90. The molecule has 3 aromatic carbocycles. The number of allylic oxidation sites excluding steroid dienone is 4. The van der Waals surface area contributed by atoms with E-state index in [1.54, 1.807) is 0 Å². The molecule has 3 nitrogen and oxygen atoms in total. The standard InChI is InChI=1S/C48H56O3/c49-44-21-19-41(20-22-44)47-26-24-35(28-42(47)16-4-2-1-3-10-34-11-5-6-12-34)18-23-45(46(50)51)48(43-17-9-13-36(29-43)32-47)27-25-39-30-37-14-7-8-15-38(37)31-40(39)33-48/h5,7-9,11,13-15,17-22,29-31,34,39-40,42,45,49H,1-4,6,10,12,16,23-28,32-33H2,(H,50,51). The van der Waals surface area contributed by atoms with Crippen molar-refractivity contribution in [3.63, 3.8) is 0 Å². The Morgan fingerprint density at radius 1 is 0.784 bits per heavy atom. The topological polar surface area (TPSA) is 57.5 Å². The summed E-state index contributed by atoms with van der Waals surface area (Å²) in [4.78, 5) is 13.5. The minimum Gasteiger partial charge on any atom is -0.508 e. The summed E-state index contributed by atoms with van der Waals surface area (Å²) < 4.78 is 0. The maximum Gasteiger partial charge on any atom is 0.307 e. The summed E-state index contributed by atoms with van der Waals surface area (Å²) in [6.07, 6.45) is 29.8. The second-order valence-electron chi connectivity index (χ2n) is 16.9. The summed E-state index contributed by atoms with van der Waals surface area (Å²) >= 11 is 0. The summed E-state index contributed by atoms with van der Waals surface area (Å²) in [6.45, 7) is 0. The summed E-state index contributed by atoms with van der Waals surface area (Å²) in [5.74, 6) is 1.28. The fourth-order valence-electron chi connectivity index (χ4n) is 11.3. The molecule has 2 saturated carbocycles. The van der Waals surface area contributed by atoms with Gasteiger partial charge in [0.1, 0.15) is 5.75 Å². The van der Waals surface area contributed by atoms with Crippen LogP contribution in [-0.4, -0.2) is 16.2 Å². The number of hydrogen-bond acceptors (Lipinski definition) is 2. The molecule has 0 saturated heterocycles. The predicted octanol–water partition coefficient (Wildman–Crippen LogP) is 9.94. The SMILES string of the molecule is O=C(O)C1CC=C2CCC(c3ccc(O)cc3)(Cc3cccc(c3)C13CCC1C=c4ccccc4=CC1C3)C(CCCCCCC1C=CCC1)C2. The molecule has 7 unspecified atom stereocenters. The first-order valence-electron chi connectivity index (χ1n) is 20.2. The van der Waals surface area contributed by atoms with E-state index in [4.69, 9.17) is 0 Å². The van der Waals surface area contributed by atoms with Crippen LogP contribution in [-0.2, 0) is 22.0 Å². The van der Waals surface area contributed by atoms with Crippen molar-refractivity contribution in [1.29, 1.82) is 0 Å². The van der Waals surface area contributed by atoms with Crippen LogP contribution >= 0.6 is 0 Å². The van der Waals surface area contributed by atoms with Gasteiger partial charge >= 0.3 is 5.97 Å². The van der Waals surface area contributed by atoms with Crippen LogP contribution < -0.4 is 10.4 Å². The molecule has 266 valence electrons. The van der Waals surface area contributed by atoms with Crippen molar-refractivity contribution < 1.29 is 15.0 Å². The Hall–Kier alpha value is -3.85. The van der Waals surface area contributed by atoms with Gasteiger partial charge in [-0.3, -0.25) is 4.79 Å². The lowest BCUT2D eigenvalue weighted by Gasteiger charge is -2.49. The molecule has 2 fully saturated rings. The van der Waals surface area contributed by atoms with Crippen molar-refractivity contribution in [3.05, 3.63) is 124 Å². The van der Waals surface area contributed by atoms with E-state index >= 15 is 0 Å². The highest BCUT2D eigenvalue weighted by molar-refractivity contribution is 5.73. The van der Waals surface area contributed by atoms with Crippen molar-refractivity contribution >= 4 is 18.1 Å². The van der Waals surface area contributed by atoms with E-state index in [9.17, 15) is 15.0 Å². The number of phenols is 1. The number of phenolic OH excluding ortho intramolecular Hbond substituents is 1. The summed E-state index contributed by atoms with van der Waals surface area (Å²) in [5, 5.41) is 24.0. The van der Waals surface area contributed by atoms with Gasteiger partial charge < -0.3 is 10.2 Å². The molecule has 3 heteroatoms. The van der Waals surface area contributed by atoms with E-state index < -0.39 is 17.3 Å². The van der Waals surface area contributed by atoms with E-state index in [0.717, 1.165) is 50.9 Å². The molecule has 0 amide bonds. The lowest BCUT2D eigenvalue weighted by atomic mass is 9.54. The van der Waals surface area contributed by atoms with Gasteiger partial charge in [0.25, 0.3) is 0 Å². The minimum atomic E-state index is -0.646. The highest BCUT2D eigenvalue weighted by Crippen LogP contribution is 2.54. The van der Waals surface area contributed by atoms with Gasteiger partial charge in [0.05, 0.1) is 5.92 Å². The first-order valence-corrected chi connectivity index (χ1v) is 20.2. The van der Waals surface area contributed by atoms with Crippen LogP contribution in [0.25, 0.3) is 12.2 Å². The Kier molecular flexibility index (Phi) is 9.83. The molecule has 6 aliphatic rings. The molecule has 9 rings (SSSR count). The second kappa shape index (κ2) is 14.6. The van der Waals surface area contributed by atoms with Crippen LogP contribution in [0.3, 0.4) is 0 Å². The van der Waals surface area contributed by atoms with Crippen molar-refractivity contribution in [2.45, 2.75) is 114 Å². The van der Waals surface area contributed by atoms with Crippen molar-refractivity contribution in [1.82, 2.24) is 0 Å². The molecule has 7 atom stereocenters. The Morgan fingerprint density at radius 2 is 1.57 bits per heavy atom. The lowest BCUT2D eigenvalue weighted by molar-refractivity contribution is -0.145. The third-order valence-electron chi connectivity index (χ3n) is 14.1. The molecule has 4 bridgehead atoms. The summed E-state index contributed by atoms with van der Waals surface area (Å²) in [7, 11) is 0. The van der Waals surface area contributed by atoms with Gasteiger partial charge in [0.15, 0.2) is 0 Å². The number of carboxylic acid groups (broad SMARTS) is 1. The number of rotatable bonds is 9. The molecule has 3 aromatic rings. The Bertz CT molecular complexity index is 1900. The minimum absolute atomic E-state index is 0.0235. The average Bonchev–Trinajstić information content (AvgIpc) is 3.67. The highest BCUT2D eigenvalue weighted by Gasteiger charge is 2.50. The maximum atomic E-state index is 13.5. The molecule has 0 aromatic heterocycles. The zero-order chi connectivity index (χ0) is 34.8. The number of hydrogen-bond donors (Lipinski definition) is 2. The van der Waals surface area contributed by atoms with Gasteiger partial charge in [-0.25, -0.2) is 0 Å². The first kappa shape index (κ1) is 34.2. The number of aromatic hydroxyl groups is 1. The molecule has 0 aliphatic heterocycles. The number of aliphatic carboxylic acids is 1. The van der Waals surface area contributed by atoms with Crippen molar-refractivity contribution in [2.75, 3.05) is 0 Å². The van der Waals surface area contributed by atoms with Crippen LogP contribution in [0.2, 0.25) is 0 Å². The maximum absolute atomic E-state index is 13.5. The van der Waals surface area contributed by atoms with Gasteiger partial charge in [0.2, 0.25) is 0 Å². The van der Waals surface area contributed by atoms with Crippen LogP contribution in [0.15, 0.2) is 96.6 Å². The molecule has 6 aliphatic carbocycles. The Morgan fingerprint density at radius 3 is 2.33 bits per heavy atom. The molecule has 0 heterocycles. The zero-order valence-electron chi connectivity index (χ0n) is 30.3. The number of carboxylic acids is 1. The quantitative estimate of drug-likeness (QED) is 0.175. The van der Waals surface area contributed by atoms with Crippen molar-refractivity contribution in [3.8, 4) is 5.75 Å². The van der Waals surface area contributed by atoms with E-state index in [2.05, 4.69) is 91.0 Å². The fraction of sp³-hybridized carbons (Fsp3) is 0.479. The molecular weight excluding hydrogens is 625 g/mol. The largest absolute Gasteiger partial charge is 0.508 e. The summed E-state index contributed by atoms with van der Waals surface area (Å²) in [5.41, 5.74) is 4.93. The normalized spacial score (nSPS) is 31.0. The second-order valence-corrected chi connectivity index (χ2v) is 16.9. The first-order chi connectivity index (χ1) is 24.9. The fourth-order valence-corrected chi connectivity index (χ4v) is 11.3. The van der Waals surface area contributed by atoms with Crippen LogP contribution in [0.1, 0.15) is 113 Å². The zero-order valence-corrected chi connectivity index (χ0v) is 30.3. The molecule has 0 radical (unpaired) electrons. The number of benzene rings is 3. The van der Waals surface area contributed by atoms with Gasteiger partial charge in [0, 0.05) is 10.8 Å². The van der Waals surface area contributed by atoms with Gasteiger partial charge in [-0.2, -0.15) is 0 Å². The third-order valence-corrected chi connectivity index (χ3v) is 14.1. The highest BCUT2D eigenvalue weighted by atomic mass is 16.4. The van der Waals surface area contributed by atoms with E-state index in [0.29, 0.717) is 29.9 Å². The van der Waals surface area contributed by atoms with E-state index in [1.807, 2.05) is 12.1 Å².